The Bertz CT molecular complexity index is 659. The van der Waals surface area contributed by atoms with Crippen molar-refractivity contribution < 1.29 is 0 Å². The highest BCUT2D eigenvalue weighted by molar-refractivity contribution is 7.76. The van der Waals surface area contributed by atoms with E-state index in [0.29, 0.717) is 0 Å². The van der Waals surface area contributed by atoms with Gasteiger partial charge in [0, 0.05) is 14.5 Å². The molecule has 0 aromatic carbocycles. The Labute approximate surface area is 398 Å². The molecule has 0 rings (SSSR count). The van der Waals surface area contributed by atoms with Crippen LogP contribution in [-0.2, 0) is 0 Å². The summed E-state index contributed by atoms with van der Waals surface area (Å²) in [6.45, 7) is 14.2. The molecule has 0 bridgehead atoms. The van der Waals surface area contributed by atoms with Gasteiger partial charge < -0.3 is 0 Å². The molecule has 0 nitrogen and oxygen atoms in total. The lowest BCUT2D eigenvalue weighted by Crippen LogP contribution is -2.13. The average Bonchev–Trinajstić information content (AvgIpc) is 3.28. The van der Waals surface area contributed by atoms with Gasteiger partial charge in [-0.3, -0.25) is 0 Å². The smallest absolute Gasteiger partial charge is 0.0594 e. The van der Waals surface area contributed by atoms with Gasteiger partial charge in [0.25, 0.3) is 0 Å². The fourth-order valence-electron chi connectivity index (χ4n) is 11.0. The van der Waals surface area contributed by atoms with Crippen molar-refractivity contribution in [2.24, 2.45) is 0 Å². The van der Waals surface area contributed by atoms with Crippen LogP contribution in [0.25, 0.3) is 0 Å². The van der Waals surface area contributed by atoms with E-state index >= 15 is 0 Å². The molecule has 0 saturated carbocycles. The molecule has 374 valence electrons. The van der Waals surface area contributed by atoms with E-state index in [-0.39, 0.29) is 0 Å². The normalized spacial score (nSPS) is 12.3. The van der Waals surface area contributed by atoms with Crippen LogP contribution in [0.1, 0.15) is 337 Å². The summed E-state index contributed by atoms with van der Waals surface area (Å²) >= 11 is 0. The van der Waals surface area contributed by atoms with E-state index in [1.807, 2.05) is 0 Å². The Balaban J connectivity index is 4.99. The predicted molar refractivity (Wildman–Crippen MR) is 299 cm³/mol. The van der Waals surface area contributed by atoms with E-state index in [1.54, 1.807) is 101 Å². The highest BCUT2D eigenvalue weighted by atomic mass is 31.2. The molecule has 0 aliphatic rings. The summed E-state index contributed by atoms with van der Waals surface area (Å²) in [5.41, 5.74) is 0. The molecule has 0 aromatic heterocycles. The maximum Gasteiger partial charge on any atom is 0.0594 e. The molecule has 0 N–H and O–H groups in total. The van der Waals surface area contributed by atoms with Crippen molar-refractivity contribution in [1.82, 2.24) is 0 Å². The van der Waals surface area contributed by atoms with Crippen LogP contribution in [0.4, 0.5) is 0 Å². The van der Waals surface area contributed by atoms with Crippen LogP contribution >= 0.6 is 14.5 Å². The summed E-state index contributed by atoms with van der Waals surface area (Å²) in [6, 6.07) is 0. The van der Waals surface area contributed by atoms with Crippen LogP contribution in [0.5, 0.6) is 0 Å². The van der Waals surface area contributed by atoms with Crippen molar-refractivity contribution in [2.45, 2.75) is 337 Å². The minimum Gasteiger partial charge on any atom is -0.0654 e. The molecule has 0 heterocycles. The summed E-state index contributed by atoms with van der Waals surface area (Å²) in [4.78, 5) is 0. The Hall–Kier alpha value is 0.860. The van der Waals surface area contributed by atoms with Crippen LogP contribution in [0.3, 0.4) is 0 Å². The summed E-state index contributed by atoms with van der Waals surface area (Å²) < 4.78 is 0. The zero-order valence-corrected chi connectivity index (χ0v) is 46.9. The van der Waals surface area contributed by atoms with Gasteiger partial charge in [-0.05, 0) is 103 Å². The third-order valence-electron chi connectivity index (χ3n) is 15.4. The standard InChI is InChI=1S/C60H126P2/c1-7-13-19-25-37-45-53-61(54-46-38-26-20-14-8-2,55-47-39-27-21-15-9-3)59-51-43-35-33-31-32-34-36-44-52-60-62(56-48-40-28-22-16-10-4,57-49-41-29-23-17-11-5)58-50-42-30-24-18-12-6/h7-60H2,1-6H3/q+2. The zero-order valence-electron chi connectivity index (χ0n) is 45.1. The summed E-state index contributed by atoms with van der Waals surface area (Å²) in [6.07, 6.45) is 82.0. The molecule has 0 amide bonds. The molecule has 0 fully saturated rings. The van der Waals surface area contributed by atoms with Crippen molar-refractivity contribution in [3.63, 3.8) is 0 Å². The third-order valence-corrected chi connectivity index (χ3v) is 25.6. The van der Waals surface area contributed by atoms with Crippen LogP contribution in [0.15, 0.2) is 0 Å². The summed E-state index contributed by atoms with van der Waals surface area (Å²) in [5.74, 6) is 0. The van der Waals surface area contributed by atoms with Gasteiger partial charge in [-0.2, -0.15) is 0 Å². The van der Waals surface area contributed by atoms with Gasteiger partial charge in [0.1, 0.15) is 0 Å². The fourth-order valence-corrected chi connectivity index (χ4v) is 20.9. The molecule has 2 heteroatoms. The number of hydrogen-bond donors (Lipinski definition) is 0. The van der Waals surface area contributed by atoms with Crippen molar-refractivity contribution in [3.8, 4) is 0 Å². The van der Waals surface area contributed by atoms with E-state index in [1.165, 1.54) is 244 Å². The largest absolute Gasteiger partial charge is 0.0654 e. The van der Waals surface area contributed by atoms with Crippen LogP contribution in [0, 0.1) is 0 Å². The lowest BCUT2D eigenvalue weighted by Gasteiger charge is -2.29. The van der Waals surface area contributed by atoms with E-state index < -0.39 is 14.5 Å². The molecule has 0 unspecified atom stereocenters. The molecule has 0 aromatic rings. The lowest BCUT2D eigenvalue weighted by molar-refractivity contribution is 0.562. The van der Waals surface area contributed by atoms with E-state index in [4.69, 9.17) is 0 Å². The van der Waals surface area contributed by atoms with Crippen molar-refractivity contribution in [1.29, 1.82) is 0 Å². The Morgan fingerprint density at radius 1 is 0.129 bits per heavy atom. The average molecular weight is 910 g/mol. The summed E-state index contributed by atoms with van der Waals surface area (Å²) in [7, 11) is -1.58. The first-order chi connectivity index (χ1) is 30.6. The van der Waals surface area contributed by atoms with Crippen LogP contribution in [-0.4, -0.2) is 49.3 Å². The first-order valence-corrected chi connectivity index (χ1v) is 35.3. The predicted octanol–water partition coefficient (Wildman–Crippen LogP) is 23.1. The fraction of sp³-hybridized carbons (Fsp3) is 1.00. The molecule has 0 aliphatic heterocycles. The van der Waals surface area contributed by atoms with Crippen LogP contribution in [0.2, 0.25) is 0 Å². The zero-order chi connectivity index (χ0) is 45.2. The lowest BCUT2D eigenvalue weighted by atomic mass is 10.1. The number of hydrogen-bond acceptors (Lipinski definition) is 0. The summed E-state index contributed by atoms with van der Waals surface area (Å²) in [5, 5.41) is 0. The van der Waals surface area contributed by atoms with Gasteiger partial charge in [-0.15, -0.1) is 0 Å². The van der Waals surface area contributed by atoms with E-state index in [0.717, 1.165) is 0 Å². The topological polar surface area (TPSA) is 0 Å². The number of unbranched alkanes of at least 4 members (excludes halogenated alkanes) is 39. The molecule has 62 heavy (non-hydrogen) atoms. The molecule has 0 radical (unpaired) electrons. The molecule has 0 spiro atoms. The second kappa shape index (κ2) is 51.3. The first kappa shape index (κ1) is 62.9. The highest BCUT2D eigenvalue weighted by Gasteiger charge is 2.36. The van der Waals surface area contributed by atoms with Crippen molar-refractivity contribution in [3.05, 3.63) is 0 Å². The molecular weight excluding hydrogens is 783 g/mol. The highest BCUT2D eigenvalue weighted by Crippen LogP contribution is 2.62. The molecule has 0 atom stereocenters. The van der Waals surface area contributed by atoms with Gasteiger partial charge in [0.2, 0.25) is 0 Å². The maximum absolute atomic E-state index is 2.37. The first-order valence-electron chi connectivity index (χ1n) is 30.3. The quantitative estimate of drug-likeness (QED) is 0.0421. The monoisotopic (exact) mass is 909 g/mol. The number of rotatable bonds is 55. The van der Waals surface area contributed by atoms with E-state index in [9.17, 15) is 0 Å². The van der Waals surface area contributed by atoms with Gasteiger partial charge in [0.15, 0.2) is 0 Å². The van der Waals surface area contributed by atoms with Gasteiger partial charge in [-0.25, -0.2) is 0 Å². The van der Waals surface area contributed by atoms with Gasteiger partial charge >= 0.3 is 0 Å². The van der Waals surface area contributed by atoms with Crippen molar-refractivity contribution in [2.75, 3.05) is 49.3 Å². The SMILES string of the molecule is CCCCCCCC[P+](CCCCCCCC)(CCCCCCCC)CCCCCCCCCCCC[P+](CCCCCCCC)(CCCCCCCC)CCCCCCCC. The third kappa shape index (κ3) is 42.2. The minimum atomic E-state index is -0.788. The van der Waals surface area contributed by atoms with Crippen molar-refractivity contribution >= 4 is 14.5 Å². The Morgan fingerprint density at radius 2 is 0.226 bits per heavy atom. The van der Waals surface area contributed by atoms with Gasteiger partial charge in [0.05, 0.1) is 49.3 Å². The Morgan fingerprint density at radius 3 is 0.339 bits per heavy atom. The van der Waals surface area contributed by atoms with Gasteiger partial charge in [-0.1, -0.05) is 234 Å². The second-order valence-electron chi connectivity index (χ2n) is 21.6. The van der Waals surface area contributed by atoms with Crippen LogP contribution < -0.4 is 0 Å². The maximum atomic E-state index is 2.37. The molecule has 0 saturated heterocycles. The van der Waals surface area contributed by atoms with E-state index in [2.05, 4.69) is 41.5 Å². The second-order valence-corrected chi connectivity index (χ2v) is 30.6. The molecular formula is C60H126P2+2. The Kier molecular flexibility index (Phi) is 52.0. The molecule has 0 aliphatic carbocycles. The minimum absolute atomic E-state index is 0.788.